The average molecular weight is 610 g/mol. The fourth-order valence-electron chi connectivity index (χ4n) is 3.63. The zero-order chi connectivity index (χ0) is 30.1. The number of nitrogens with one attached hydrogen (secondary N) is 3. The van der Waals surface area contributed by atoms with Gasteiger partial charge in [-0.15, -0.1) is 10.6 Å². The van der Waals surface area contributed by atoms with Crippen molar-refractivity contribution in [3.05, 3.63) is 85.1 Å². The molecule has 0 radical (unpaired) electrons. The number of aliphatic hydroxyl groups excluding tert-OH is 1. The van der Waals surface area contributed by atoms with Gasteiger partial charge < -0.3 is 24.7 Å². The minimum atomic E-state index is -3.73. The highest BCUT2D eigenvalue weighted by Gasteiger charge is 2.15. The van der Waals surface area contributed by atoms with Crippen LogP contribution in [-0.2, 0) is 29.6 Å². The van der Waals surface area contributed by atoms with Crippen LogP contribution in [0.15, 0.2) is 99.2 Å². The van der Waals surface area contributed by atoms with Crippen LogP contribution in [0.25, 0.3) is 11.1 Å². The lowest BCUT2D eigenvalue weighted by atomic mass is 10.1. The normalized spacial score (nSPS) is 12.7. The molecule has 0 saturated carbocycles. The van der Waals surface area contributed by atoms with Crippen molar-refractivity contribution in [2.45, 2.75) is 29.7 Å². The number of hydrogen-bond donors (Lipinski definition) is 4. The van der Waals surface area contributed by atoms with Crippen LogP contribution in [0.2, 0.25) is 0 Å². The summed E-state index contributed by atoms with van der Waals surface area (Å²) in [4.78, 5) is 20.9. The van der Waals surface area contributed by atoms with Crippen molar-refractivity contribution in [2.24, 2.45) is 4.36 Å². The van der Waals surface area contributed by atoms with Gasteiger partial charge in [0.25, 0.3) is 10.0 Å². The highest BCUT2D eigenvalue weighted by molar-refractivity contribution is 7.92. The van der Waals surface area contributed by atoms with Crippen LogP contribution in [0.3, 0.4) is 0 Å². The lowest BCUT2D eigenvalue weighted by molar-refractivity contribution is 0.164. The minimum absolute atomic E-state index is 0.136. The number of rotatable bonds is 11. The van der Waals surface area contributed by atoms with Gasteiger partial charge >= 0.3 is 6.09 Å². The molecular formula is C28H29N6O6S2-. The van der Waals surface area contributed by atoms with Crippen LogP contribution >= 0.6 is 0 Å². The van der Waals surface area contributed by atoms with Gasteiger partial charge in [0, 0.05) is 29.2 Å². The van der Waals surface area contributed by atoms with E-state index in [4.69, 9.17) is 4.74 Å². The molecule has 0 saturated heterocycles. The van der Waals surface area contributed by atoms with E-state index >= 15 is 0 Å². The molecule has 1 aromatic heterocycles. The maximum absolute atomic E-state index is 12.7. The number of nitrogens with zero attached hydrogens (tertiary/aromatic N) is 3. The molecule has 12 nitrogen and oxygen atoms in total. The number of carbonyl (C=O) groups is 1. The SMILES string of the molecule is CCOC(=O)N=[S-](=O)c1ccc(Nc2ncc(-c3ccc(NS(=O)(=O)c4ccccc4)cc3)c(NC(C)CO)n2)cc1. The highest BCUT2D eigenvalue weighted by atomic mass is 32.2. The smallest absolute Gasteiger partial charge is 0.410 e. The second-order valence-corrected chi connectivity index (χ2v) is 11.7. The standard InChI is InChI=1S/C28H29N6O6S2/c1-3-40-28(36)33-41(37)23-15-13-21(14-16-23)31-27-29-17-25(26(32-27)30-19(2)18-35)20-9-11-22(12-10-20)34-42(38,39)24-7-5-4-6-8-24/h4-17,19,34-35H,3,18H2,1-2H3,(H2,29,30,31,32)/q-1. The summed E-state index contributed by atoms with van der Waals surface area (Å²) in [6.45, 7) is 3.42. The van der Waals surface area contributed by atoms with Crippen LogP contribution in [-0.4, -0.2) is 48.8 Å². The van der Waals surface area contributed by atoms with Crippen molar-refractivity contribution < 1.29 is 27.3 Å². The zero-order valence-electron chi connectivity index (χ0n) is 22.7. The number of aliphatic hydroxyl groups is 1. The number of sulfonamides is 1. The molecule has 0 aliphatic heterocycles. The Kier molecular flexibility index (Phi) is 10.1. The number of benzene rings is 3. The molecule has 4 N–H and O–H groups in total. The van der Waals surface area contributed by atoms with E-state index in [2.05, 4.69) is 29.7 Å². The van der Waals surface area contributed by atoms with Gasteiger partial charge in [-0.2, -0.15) is 4.98 Å². The molecule has 1 heterocycles. The van der Waals surface area contributed by atoms with Crippen molar-refractivity contribution in [3.63, 3.8) is 0 Å². The van der Waals surface area contributed by atoms with Crippen LogP contribution in [0.5, 0.6) is 0 Å². The van der Waals surface area contributed by atoms with E-state index in [9.17, 15) is 22.5 Å². The Morgan fingerprint density at radius 2 is 1.69 bits per heavy atom. The van der Waals surface area contributed by atoms with Crippen molar-refractivity contribution in [2.75, 3.05) is 28.6 Å². The topological polar surface area (TPSA) is 172 Å². The average Bonchev–Trinajstić information content (AvgIpc) is 2.98. The fourth-order valence-corrected chi connectivity index (χ4v) is 5.37. The first-order valence-corrected chi connectivity index (χ1v) is 15.4. The van der Waals surface area contributed by atoms with Crippen LogP contribution in [0.4, 0.5) is 27.9 Å². The third kappa shape index (κ3) is 8.02. The summed E-state index contributed by atoms with van der Waals surface area (Å²) in [5, 5.41) is 15.8. The largest absolute Gasteiger partial charge is 0.450 e. The van der Waals surface area contributed by atoms with Crippen LogP contribution in [0, 0.1) is 0 Å². The molecule has 1 atom stereocenters. The minimum Gasteiger partial charge on any atom is -0.450 e. The predicted molar refractivity (Wildman–Crippen MR) is 160 cm³/mol. The molecule has 0 bridgehead atoms. The molecule has 3 aromatic carbocycles. The summed E-state index contributed by atoms with van der Waals surface area (Å²) in [6.07, 6.45) is 0.707. The number of hydrogen-bond acceptors (Lipinski definition) is 11. The predicted octanol–water partition coefficient (Wildman–Crippen LogP) is 5.14. The molecular weight excluding hydrogens is 580 g/mol. The molecule has 14 heteroatoms. The summed E-state index contributed by atoms with van der Waals surface area (Å²) in [6, 6.07) is 20.9. The molecule has 42 heavy (non-hydrogen) atoms. The number of ether oxygens (including phenoxy) is 1. The van der Waals surface area contributed by atoms with Gasteiger partial charge in [0.1, 0.15) is 5.82 Å². The quantitative estimate of drug-likeness (QED) is 0.167. The Morgan fingerprint density at radius 3 is 2.33 bits per heavy atom. The Morgan fingerprint density at radius 1 is 1.02 bits per heavy atom. The third-order valence-corrected chi connectivity index (χ3v) is 8.07. The summed E-state index contributed by atoms with van der Waals surface area (Å²) in [5.74, 6) is 0.696. The lowest BCUT2D eigenvalue weighted by Gasteiger charge is -2.17. The number of anilines is 4. The Hall–Kier alpha value is -4.53. The lowest BCUT2D eigenvalue weighted by Crippen LogP contribution is -2.21. The first kappa shape index (κ1) is 30.4. The Labute approximate surface area is 245 Å². The molecule has 0 aliphatic carbocycles. The molecule has 0 fully saturated rings. The first-order valence-electron chi connectivity index (χ1n) is 12.8. The Balaban J connectivity index is 1.54. The first-order chi connectivity index (χ1) is 20.2. The summed E-state index contributed by atoms with van der Waals surface area (Å²) in [7, 11) is -5.64. The van der Waals surface area contributed by atoms with E-state index < -0.39 is 26.7 Å². The monoisotopic (exact) mass is 609 g/mol. The van der Waals surface area contributed by atoms with E-state index in [1.54, 1.807) is 86.8 Å². The van der Waals surface area contributed by atoms with Gasteiger partial charge in [0.05, 0.1) is 18.1 Å². The van der Waals surface area contributed by atoms with Crippen molar-refractivity contribution in [1.82, 2.24) is 9.97 Å². The van der Waals surface area contributed by atoms with Gasteiger partial charge in [-0.3, -0.25) is 9.08 Å². The summed E-state index contributed by atoms with van der Waals surface area (Å²) in [5.41, 5.74) is 2.33. The van der Waals surface area contributed by atoms with E-state index in [-0.39, 0.29) is 30.1 Å². The second kappa shape index (κ2) is 13.9. The molecule has 0 spiro atoms. The zero-order valence-corrected chi connectivity index (χ0v) is 24.4. The summed E-state index contributed by atoms with van der Waals surface area (Å²) < 4.78 is 48.3. The highest BCUT2D eigenvalue weighted by Crippen LogP contribution is 2.30. The van der Waals surface area contributed by atoms with Crippen molar-refractivity contribution >= 4 is 49.9 Å². The molecule has 4 rings (SSSR count). The van der Waals surface area contributed by atoms with E-state index in [1.165, 1.54) is 12.1 Å². The van der Waals surface area contributed by atoms with E-state index in [1.807, 2.05) is 0 Å². The van der Waals surface area contributed by atoms with E-state index in [0.717, 1.165) is 0 Å². The van der Waals surface area contributed by atoms with Gasteiger partial charge in [0.2, 0.25) is 5.95 Å². The fraction of sp³-hybridized carbons (Fsp3) is 0.179. The second-order valence-electron chi connectivity index (χ2n) is 8.87. The summed E-state index contributed by atoms with van der Waals surface area (Å²) >= 11 is 0. The van der Waals surface area contributed by atoms with Crippen LogP contribution < -0.4 is 15.4 Å². The number of amides is 1. The molecule has 4 aromatic rings. The van der Waals surface area contributed by atoms with Crippen LogP contribution in [0.1, 0.15) is 13.8 Å². The molecule has 1 unspecified atom stereocenters. The third-order valence-electron chi connectivity index (χ3n) is 5.68. The Bertz CT molecular complexity index is 1710. The van der Waals surface area contributed by atoms with Gasteiger partial charge in [-0.05, 0) is 55.8 Å². The van der Waals surface area contributed by atoms with Crippen molar-refractivity contribution in [1.29, 1.82) is 0 Å². The van der Waals surface area contributed by atoms with Gasteiger partial charge in [-0.1, -0.05) is 47.4 Å². The maximum Gasteiger partial charge on any atom is 0.410 e. The van der Waals surface area contributed by atoms with E-state index in [0.29, 0.717) is 33.2 Å². The van der Waals surface area contributed by atoms with Gasteiger partial charge in [-0.25, -0.2) is 18.2 Å². The van der Waals surface area contributed by atoms with Gasteiger partial charge in [0.15, 0.2) is 0 Å². The molecule has 1 amide bonds. The molecule has 220 valence electrons. The maximum atomic E-state index is 12.7. The molecule has 0 aliphatic rings. The van der Waals surface area contributed by atoms with Crippen molar-refractivity contribution in [3.8, 4) is 11.1 Å². The number of aromatic nitrogens is 2. The number of carbonyl (C=O) groups excluding carboxylic acids is 1.